The summed E-state index contributed by atoms with van der Waals surface area (Å²) >= 11 is 0. The number of hydrogen-bond donors (Lipinski definition) is 1. The molecule has 1 heterocycles. The summed E-state index contributed by atoms with van der Waals surface area (Å²) in [6.45, 7) is 4.90. The van der Waals surface area contributed by atoms with Crippen LogP contribution in [0.4, 0.5) is 22.7 Å². The zero-order valence-electron chi connectivity index (χ0n) is 18.4. The van der Waals surface area contributed by atoms with E-state index in [2.05, 4.69) is 10.2 Å². The molecule has 0 spiro atoms. The second-order valence-electron chi connectivity index (χ2n) is 7.66. The Balaban J connectivity index is 1.46. The Morgan fingerprint density at radius 2 is 1.70 bits per heavy atom. The number of hydrogen-bond acceptors (Lipinski definition) is 6. The second kappa shape index (κ2) is 10.0. The third kappa shape index (κ3) is 5.06. The predicted octanol–water partition coefficient (Wildman–Crippen LogP) is 4.70. The van der Waals surface area contributed by atoms with E-state index in [-0.39, 0.29) is 11.6 Å². The number of benzene rings is 3. The van der Waals surface area contributed by atoms with E-state index in [1.807, 2.05) is 61.5 Å². The molecule has 4 rings (SSSR count). The van der Waals surface area contributed by atoms with Gasteiger partial charge in [-0.3, -0.25) is 14.9 Å². The Kier molecular flexibility index (Phi) is 6.73. The average molecular weight is 447 g/mol. The average Bonchev–Trinajstić information content (AvgIpc) is 2.85. The molecule has 0 unspecified atom stereocenters. The molecule has 3 aromatic rings. The zero-order valence-corrected chi connectivity index (χ0v) is 18.4. The number of nitro benzene ring substituents is 1. The second-order valence-corrected chi connectivity index (χ2v) is 7.66. The minimum absolute atomic E-state index is 0.131. The van der Waals surface area contributed by atoms with E-state index in [9.17, 15) is 14.9 Å². The van der Waals surface area contributed by atoms with Gasteiger partial charge in [-0.2, -0.15) is 0 Å². The molecule has 8 heteroatoms. The van der Waals surface area contributed by atoms with Crippen molar-refractivity contribution in [1.29, 1.82) is 0 Å². The molecule has 0 aliphatic carbocycles. The van der Waals surface area contributed by atoms with Crippen LogP contribution in [0.5, 0.6) is 5.75 Å². The molecule has 1 aliphatic heterocycles. The Bertz CT molecular complexity index is 1130. The lowest BCUT2D eigenvalue weighted by molar-refractivity contribution is -0.383. The van der Waals surface area contributed by atoms with Crippen molar-refractivity contribution in [2.75, 3.05) is 43.0 Å². The van der Waals surface area contributed by atoms with Gasteiger partial charge in [-0.25, -0.2) is 0 Å². The lowest BCUT2D eigenvalue weighted by atomic mass is 10.1. The number of ether oxygens (including phenoxy) is 1. The minimum Gasteiger partial charge on any atom is -0.492 e. The molecular weight excluding hydrogens is 420 g/mol. The topological polar surface area (TPSA) is 88.0 Å². The summed E-state index contributed by atoms with van der Waals surface area (Å²) in [6, 6.07) is 21.7. The highest BCUT2D eigenvalue weighted by Crippen LogP contribution is 2.31. The van der Waals surface area contributed by atoms with E-state index in [1.165, 1.54) is 6.07 Å². The summed E-state index contributed by atoms with van der Waals surface area (Å²) < 4.78 is 5.73. The first-order chi connectivity index (χ1) is 16.1. The molecule has 1 N–H and O–H groups in total. The van der Waals surface area contributed by atoms with Crippen molar-refractivity contribution >= 4 is 28.7 Å². The number of amides is 1. The first-order valence-electron chi connectivity index (χ1n) is 10.9. The van der Waals surface area contributed by atoms with Gasteiger partial charge >= 0.3 is 0 Å². The van der Waals surface area contributed by atoms with Crippen LogP contribution in [0.1, 0.15) is 17.3 Å². The zero-order chi connectivity index (χ0) is 23.2. The molecular formula is C25H26N4O4. The molecule has 0 bridgehead atoms. The molecule has 1 fully saturated rings. The summed E-state index contributed by atoms with van der Waals surface area (Å²) in [5.41, 5.74) is 2.28. The van der Waals surface area contributed by atoms with E-state index in [0.29, 0.717) is 44.0 Å². The highest BCUT2D eigenvalue weighted by Gasteiger charge is 2.26. The summed E-state index contributed by atoms with van der Waals surface area (Å²) in [7, 11) is 0. The van der Waals surface area contributed by atoms with Crippen LogP contribution >= 0.6 is 0 Å². The number of rotatable bonds is 7. The Morgan fingerprint density at radius 3 is 2.39 bits per heavy atom. The number of carbonyl (C=O) groups excluding carboxylic acids is 1. The van der Waals surface area contributed by atoms with E-state index in [1.54, 1.807) is 17.0 Å². The highest BCUT2D eigenvalue weighted by atomic mass is 16.6. The van der Waals surface area contributed by atoms with Crippen LogP contribution < -0.4 is 15.0 Å². The maximum atomic E-state index is 13.1. The summed E-state index contributed by atoms with van der Waals surface area (Å²) in [5.74, 6) is 0.624. The Morgan fingerprint density at radius 1 is 1.00 bits per heavy atom. The number of anilines is 3. The van der Waals surface area contributed by atoms with Crippen LogP contribution in [0.15, 0.2) is 72.8 Å². The first kappa shape index (κ1) is 22.1. The SMILES string of the molecule is CCOc1ccccc1N1CCN(C(=O)c2ccc(Nc3ccccc3)c([N+](=O)[O-])c2)CC1. The third-order valence-electron chi connectivity index (χ3n) is 5.57. The van der Waals surface area contributed by atoms with Crippen LogP contribution in [-0.2, 0) is 0 Å². The fourth-order valence-corrected chi connectivity index (χ4v) is 3.93. The molecule has 0 radical (unpaired) electrons. The number of para-hydroxylation sites is 3. The van der Waals surface area contributed by atoms with Crippen molar-refractivity contribution in [3.63, 3.8) is 0 Å². The maximum Gasteiger partial charge on any atom is 0.293 e. The lowest BCUT2D eigenvalue weighted by Crippen LogP contribution is -2.48. The van der Waals surface area contributed by atoms with Crippen LogP contribution in [0.2, 0.25) is 0 Å². The maximum absolute atomic E-state index is 13.1. The van der Waals surface area contributed by atoms with Crippen molar-refractivity contribution < 1.29 is 14.5 Å². The molecule has 8 nitrogen and oxygen atoms in total. The molecule has 1 amide bonds. The van der Waals surface area contributed by atoms with Gasteiger partial charge in [0.25, 0.3) is 11.6 Å². The summed E-state index contributed by atoms with van der Waals surface area (Å²) in [5, 5.41) is 14.7. The number of nitrogens with one attached hydrogen (secondary N) is 1. The van der Waals surface area contributed by atoms with Gasteiger partial charge in [0, 0.05) is 43.5 Å². The van der Waals surface area contributed by atoms with Gasteiger partial charge < -0.3 is 19.9 Å². The molecule has 170 valence electrons. The highest BCUT2D eigenvalue weighted by molar-refractivity contribution is 5.96. The fraction of sp³-hybridized carbons (Fsp3) is 0.240. The fourth-order valence-electron chi connectivity index (χ4n) is 3.93. The lowest BCUT2D eigenvalue weighted by Gasteiger charge is -2.36. The van der Waals surface area contributed by atoms with E-state index < -0.39 is 4.92 Å². The van der Waals surface area contributed by atoms with Crippen LogP contribution in [0.25, 0.3) is 0 Å². The summed E-state index contributed by atoms with van der Waals surface area (Å²) in [6.07, 6.45) is 0. The number of nitrogens with zero attached hydrogens (tertiary/aromatic N) is 3. The van der Waals surface area contributed by atoms with Crippen molar-refractivity contribution in [1.82, 2.24) is 4.90 Å². The van der Waals surface area contributed by atoms with E-state index in [4.69, 9.17) is 4.74 Å². The van der Waals surface area contributed by atoms with Crippen LogP contribution in [-0.4, -0.2) is 48.5 Å². The first-order valence-corrected chi connectivity index (χ1v) is 10.9. The van der Waals surface area contributed by atoms with Gasteiger partial charge in [-0.1, -0.05) is 30.3 Å². The largest absolute Gasteiger partial charge is 0.492 e. The minimum atomic E-state index is -0.468. The molecule has 3 aromatic carbocycles. The smallest absolute Gasteiger partial charge is 0.293 e. The van der Waals surface area contributed by atoms with Gasteiger partial charge in [0.15, 0.2) is 0 Å². The van der Waals surface area contributed by atoms with Gasteiger partial charge in [-0.05, 0) is 43.3 Å². The van der Waals surface area contributed by atoms with E-state index >= 15 is 0 Å². The van der Waals surface area contributed by atoms with Gasteiger partial charge in [0.1, 0.15) is 11.4 Å². The summed E-state index contributed by atoms with van der Waals surface area (Å²) in [4.78, 5) is 28.2. The van der Waals surface area contributed by atoms with Gasteiger partial charge in [-0.15, -0.1) is 0 Å². The normalized spacial score (nSPS) is 13.5. The van der Waals surface area contributed by atoms with Crippen LogP contribution in [0, 0.1) is 10.1 Å². The molecule has 0 atom stereocenters. The van der Waals surface area contributed by atoms with Gasteiger partial charge in [0.2, 0.25) is 0 Å². The number of nitro groups is 1. The molecule has 33 heavy (non-hydrogen) atoms. The number of carbonyl (C=O) groups is 1. The molecule has 1 saturated heterocycles. The Hall–Kier alpha value is -4.07. The molecule has 1 aliphatic rings. The van der Waals surface area contributed by atoms with Crippen molar-refractivity contribution in [3.8, 4) is 5.75 Å². The quantitative estimate of drug-likeness (QED) is 0.418. The van der Waals surface area contributed by atoms with Crippen molar-refractivity contribution in [2.45, 2.75) is 6.92 Å². The number of piperazine rings is 1. The predicted molar refractivity (Wildman–Crippen MR) is 129 cm³/mol. The van der Waals surface area contributed by atoms with E-state index in [0.717, 1.165) is 17.1 Å². The van der Waals surface area contributed by atoms with Gasteiger partial charge in [0.05, 0.1) is 17.2 Å². The van der Waals surface area contributed by atoms with Crippen molar-refractivity contribution in [2.24, 2.45) is 0 Å². The Labute approximate surface area is 192 Å². The van der Waals surface area contributed by atoms with Crippen molar-refractivity contribution in [3.05, 3.63) is 88.5 Å². The monoisotopic (exact) mass is 446 g/mol. The third-order valence-corrected chi connectivity index (χ3v) is 5.57. The molecule has 0 aromatic heterocycles. The standard InChI is InChI=1S/C25H26N4O4/c1-2-33-24-11-7-6-10-22(24)27-14-16-28(17-15-27)25(30)19-12-13-21(23(18-19)29(31)32)26-20-8-4-3-5-9-20/h3-13,18,26H,2,14-17H2,1H3. The van der Waals surface area contributed by atoms with Crippen LogP contribution in [0.3, 0.4) is 0 Å². The molecule has 0 saturated carbocycles.